The van der Waals surface area contributed by atoms with Crippen molar-refractivity contribution in [3.05, 3.63) is 109 Å². The van der Waals surface area contributed by atoms with Crippen molar-refractivity contribution < 1.29 is 0 Å². The molecule has 124 valence electrons. The van der Waals surface area contributed by atoms with E-state index in [1.807, 2.05) is 18.2 Å². The van der Waals surface area contributed by atoms with Gasteiger partial charge in [0.15, 0.2) is 0 Å². The molecule has 0 aliphatic heterocycles. The van der Waals surface area contributed by atoms with Crippen LogP contribution in [0.2, 0.25) is 0 Å². The van der Waals surface area contributed by atoms with E-state index in [9.17, 15) is 0 Å². The van der Waals surface area contributed by atoms with Crippen molar-refractivity contribution in [2.24, 2.45) is 0 Å². The Labute approximate surface area is 154 Å². The predicted octanol–water partition coefficient (Wildman–Crippen LogP) is 7.46. The Hall–Kier alpha value is -3.38. The summed E-state index contributed by atoms with van der Waals surface area (Å²) in [6.07, 6.45) is 3.84. The lowest BCUT2D eigenvalue weighted by molar-refractivity contribution is 1.58. The van der Waals surface area contributed by atoms with Crippen LogP contribution in [0.15, 0.2) is 98.1 Å². The van der Waals surface area contributed by atoms with Crippen LogP contribution in [0.4, 0.5) is 0 Å². The van der Waals surface area contributed by atoms with Crippen molar-refractivity contribution in [1.29, 1.82) is 0 Å². The molecule has 0 saturated carbocycles. The summed E-state index contributed by atoms with van der Waals surface area (Å²) in [4.78, 5) is 0. The molecule has 0 atom stereocenters. The number of hydrogen-bond acceptors (Lipinski definition) is 0. The summed E-state index contributed by atoms with van der Waals surface area (Å²) < 4.78 is 0. The molecule has 4 aromatic carbocycles. The zero-order valence-electron chi connectivity index (χ0n) is 14.7. The quantitative estimate of drug-likeness (QED) is 0.364. The van der Waals surface area contributed by atoms with E-state index in [4.69, 9.17) is 0 Å². The van der Waals surface area contributed by atoms with E-state index in [1.54, 1.807) is 0 Å². The highest BCUT2D eigenvalue weighted by Gasteiger charge is 2.12. The van der Waals surface area contributed by atoms with E-state index in [0.717, 1.165) is 11.1 Å². The fourth-order valence-electron chi connectivity index (χ4n) is 3.54. The number of fused-ring (bicyclic) bond motifs is 1. The lowest BCUT2D eigenvalue weighted by Crippen LogP contribution is -1.91. The summed E-state index contributed by atoms with van der Waals surface area (Å²) in [7, 11) is 0. The molecule has 0 aromatic heterocycles. The third-order valence-electron chi connectivity index (χ3n) is 4.83. The fourth-order valence-corrected chi connectivity index (χ4v) is 3.54. The molecule has 0 heterocycles. The maximum atomic E-state index is 4.05. The highest BCUT2D eigenvalue weighted by atomic mass is 14.2. The van der Waals surface area contributed by atoms with Crippen LogP contribution in [-0.2, 0) is 0 Å². The van der Waals surface area contributed by atoms with Crippen LogP contribution in [-0.4, -0.2) is 0 Å². The van der Waals surface area contributed by atoms with Gasteiger partial charge in [0, 0.05) is 0 Å². The molecule has 0 amide bonds. The van der Waals surface area contributed by atoms with Gasteiger partial charge in [-0.25, -0.2) is 0 Å². The summed E-state index contributed by atoms with van der Waals surface area (Å²) in [5.74, 6) is 0. The number of rotatable bonds is 4. The third-order valence-corrected chi connectivity index (χ3v) is 4.83. The molecule has 0 heteroatoms. The molecule has 4 rings (SSSR count). The van der Waals surface area contributed by atoms with Crippen molar-refractivity contribution in [2.45, 2.75) is 0 Å². The average molecular weight is 332 g/mol. The molecular weight excluding hydrogens is 312 g/mol. The van der Waals surface area contributed by atoms with Crippen molar-refractivity contribution in [3.63, 3.8) is 0 Å². The van der Waals surface area contributed by atoms with Gasteiger partial charge in [0.25, 0.3) is 0 Å². The lowest BCUT2D eigenvalue weighted by Gasteiger charge is -2.15. The maximum absolute atomic E-state index is 4.05. The smallest absolute Gasteiger partial charge is 0.00270 e. The SMILES string of the molecule is C=Cc1cc2ccccc2c(-c2ccc(-c3ccccc3)cc2)c1C=C. The second kappa shape index (κ2) is 6.85. The number of hydrogen-bond donors (Lipinski definition) is 0. The zero-order chi connectivity index (χ0) is 17.9. The van der Waals surface area contributed by atoms with Crippen molar-refractivity contribution in [1.82, 2.24) is 0 Å². The molecule has 0 nitrogen and oxygen atoms in total. The van der Waals surface area contributed by atoms with Crippen LogP contribution in [0, 0.1) is 0 Å². The van der Waals surface area contributed by atoms with Gasteiger partial charge in [-0.1, -0.05) is 104 Å². The van der Waals surface area contributed by atoms with Gasteiger partial charge in [-0.3, -0.25) is 0 Å². The van der Waals surface area contributed by atoms with Gasteiger partial charge < -0.3 is 0 Å². The van der Waals surface area contributed by atoms with Crippen molar-refractivity contribution in [2.75, 3.05) is 0 Å². The first-order valence-corrected chi connectivity index (χ1v) is 8.78. The molecule has 0 aliphatic rings. The molecule has 0 radical (unpaired) electrons. The highest BCUT2D eigenvalue weighted by molar-refractivity contribution is 6.03. The van der Waals surface area contributed by atoms with E-state index < -0.39 is 0 Å². The summed E-state index contributed by atoms with van der Waals surface area (Å²) >= 11 is 0. The van der Waals surface area contributed by atoms with Gasteiger partial charge >= 0.3 is 0 Å². The fraction of sp³-hybridized carbons (Fsp3) is 0. The Morgan fingerprint density at radius 3 is 1.88 bits per heavy atom. The van der Waals surface area contributed by atoms with Crippen LogP contribution in [0.3, 0.4) is 0 Å². The first kappa shape index (κ1) is 16.1. The van der Waals surface area contributed by atoms with Gasteiger partial charge in [0.05, 0.1) is 0 Å². The Balaban J connectivity index is 1.93. The molecule has 0 aliphatic carbocycles. The second-order valence-electron chi connectivity index (χ2n) is 6.33. The third kappa shape index (κ3) is 2.76. The monoisotopic (exact) mass is 332 g/mol. The summed E-state index contributed by atoms with van der Waals surface area (Å²) in [6, 6.07) is 29.9. The van der Waals surface area contributed by atoms with E-state index in [-0.39, 0.29) is 0 Å². The van der Waals surface area contributed by atoms with E-state index in [1.165, 1.54) is 33.0 Å². The summed E-state index contributed by atoms with van der Waals surface area (Å²) in [5, 5.41) is 2.45. The van der Waals surface area contributed by atoms with Gasteiger partial charge in [0.1, 0.15) is 0 Å². The molecule has 0 spiro atoms. The molecular formula is C26H20. The van der Waals surface area contributed by atoms with Gasteiger partial charge in [0.2, 0.25) is 0 Å². The van der Waals surface area contributed by atoms with Crippen molar-refractivity contribution in [3.8, 4) is 22.3 Å². The van der Waals surface area contributed by atoms with Crippen LogP contribution in [0.5, 0.6) is 0 Å². The summed E-state index contributed by atoms with van der Waals surface area (Å²) in [6.45, 7) is 8.04. The molecule has 0 unspecified atom stereocenters. The summed E-state index contributed by atoms with van der Waals surface area (Å²) in [5.41, 5.74) is 7.10. The molecule has 0 bridgehead atoms. The van der Waals surface area contributed by atoms with E-state index >= 15 is 0 Å². The average Bonchev–Trinajstić information content (AvgIpc) is 2.73. The number of benzene rings is 4. The Morgan fingerprint density at radius 2 is 1.19 bits per heavy atom. The van der Waals surface area contributed by atoms with Crippen LogP contribution >= 0.6 is 0 Å². The van der Waals surface area contributed by atoms with E-state index in [2.05, 4.69) is 92.0 Å². The molecule has 4 aromatic rings. The molecule has 26 heavy (non-hydrogen) atoms. The maximum Gasteiger partial charge on any atom is -0.00270 e. The molecule has 0 fully saturated rings. The minimum atomic E-state index is 1.11. The normalized spacial score (nSPS) is 10.6. The highest BCUT2D eigenvalue weighted by Crippen LogP contribution is 2.36. The van der Waals surface area contributed by atoms with Crippen LogP contribution in [0.25, 0.3) is 45.2 Å². The first-order valence-electron chi connectivity index (χ1n) is 8.78. The van der Waals surface area contributed by atoms with Crippen LogP contribution < -0.4 is 0 Å². The van der Waals surface area contributed by atoms with Gasteiger partial charge in [-0.15, -0.1) is 0 Å². The largest absolute Gasteiger partial charge is 0.0984 e. The zero-order valence-corrected chi connectivity index (χ0v) is 14.7. The second-order valence-corrected chi connectivity index (χ2v) is 6.33. The van der Waals surface area contributed by atoms with Crippen LogP contribution in [0.1, 0.15) is 11.1 Å². The minimum absolute atomic E-state index is 1.11. The topological polar surface area (TPSA) is 0 Å². The van der Waals surface area contributed by atoms with Gasteiger partial charge in [-0.2, -0.15) is 0 Å². The Bertz CT molecular complexity index is 1080. The first-order chi connectivity index (χ1) is 12.8. The minimum Gasteiger partial charge on any atom is -0.0984 e. The molecule has 0 saturated heterocycles. The Kier molecular flexibility index (Phi) is 4.25. The predicted molar refractivity (Wildman–Crippen MR) is 115 cm³/mol. The Morgan fingerprint density at radius 1 is 0.577 bits per heavy atom. The van der Waals surface area contributed by atoms with Crippen molar-refractivity contribution >= 4 is 22.9 Å². The van der Waals surface area contributed by atoms with E-state index in [0.29, 0.717) is 0 Å². The molecule has 0 N–H and O–H groups in total. The lowest BCUT2D eigenvalue weighted by atomic mass is 9.89. The standard InChI is InChI=1S/C26H20/c1-3-19-18-23-12-8-9-13-25(23)26(24(19)4-2)22-16-14-21(15-17-22)20-10-6-5-7-11-20/h3-18H,1-2H2. The van der Waals surface area contributed by atoms with Gasteiger partial charge in [-0.05, 0) is 50.2 Å².